The van der Waals surface area contributed by atoms with Crippen molar-refractivity contribution in [3.8, 4) is 0 Å². The molecule has 21 heavy (non-hydrogen) atoms. The molecule has 0 aliphatic heterocycles. The van der Waals surface area contributed by atoms with Gasteiger partial charge in [0.2, 0.25) is 0 Å². The predicted molar refractivity (Wildman–Crippen MR) is 71.0 cm³/mol. The first kappa shape index (κ1) is 17.0. The van der Waals surface area contributed by atoms with Crippen LogP contribution in [0, 0.1) is 0 Å². The average molecular weight is 301 g/mol. The minimum atomic E-state index is -2.90. The highest BCUT2D eigenvalue weighted by Crippen LogP contribution is 2.11. The molecule has 0 bridgehead atoms. The summed E-state index contributed by atoms with van der Waals surface area (Å²) in [6.07, 6.45) is -5.21. The maximum atomic E-state index is 12.2. The van der Waals surface area contributed by atoms with E-state index in [1.165, 1.54) is 0 Å². The number of halogens is 2. The smallest absolute Gasteiger partial charge is 0.328 e. The van der Waals surface area contributed by atoms with Crippen LogP contribution in [0.3, 0.4) is 0 Å². The second-order valence-electron chi connectivity index (χ2n) is 4.39. The second kappa shape index (κ2) is 8.31. The molecule has 5 nitrogen and oxygen atoms in total. The van der Waals surface area contributed by atoms with Crippen molar-refractivity contribution >= 4 is 11.9 Å². The summed E-state index contributed by atoms with van der Waals surface area (Å²) in [5.41, 5.74) is 0.334. The number of benzene rings is 1. The molecule has 1 rings (SSSR count). The van der Waals surface area contributed by atoms with Gasteiger partial charge in [-0.05, 0) is 25.0 Å². The lowest BCUT2D eigenvalue weighted by Gasteiger charge is -2.18. The van der Waals surface area contributed by atoms with E-state index in [1.54, 1.807) is 30.3 Å². The highest BCUT2D eigenvalue weighted by molar-refractivity contribution is 5.96. The van der Waals surface area contributed by atoms with E-state index in [9.17, 15) is 18.4 Å². The number of amides is 1. The SMILES string of the molecule is COC(=O)[C@@H](CC[C@@H](O)C(F)F)NC(=O)c1ccccc1. The standard InChI is InChI=1S/C14H17F2NO4/c1-21-14(20)10(7-8-11(18)12(15)16)17-13(19)9-5-3-2-4-6-9/h2-6,10-12,18H,7-8H2,1H3,(H,17,19)/t10-,11-/m1/s1. The van der Waals surface area contributed by atoms with E-state index in [0.717, 1.165) is 7.11 Å². The predicted octanol–water partition coefficient (Wildman–Crippen LogP) is 1.36. The number of hydrogen-bond donors (Lipinski definition) is 2. The van der Waals surface area contributed by atoms with E-state index < -0.39 is 30.4 Å². The van der Waals surface area contributed by atoms with Crippen molar-refractivity contribution in [2.75, 3.05) is 7.11 Å². The molecule has 1 aromatic carbocycles. The molecule has 7 heteroatoms. The number of nitrogens with one attached hydrogen (secondary N) is 1. The number of esters is 1. The van der Waals surface area contributed by atoms with Crippen LogP contribution in [-0.2, 0) is 9.53 Å². The molecule has 116 valence electrons. The number of hydrogen-bond acceptors (Lipinski definition) is 4. The maximum absolute atomic E-state index is 12.2. The topological polar surface area (TPSA) is 75.6 Å². The van der Waals surface area contributed by atoms with Gasteiger partial charge in [-0.1, -0.05) is 18.2 Å². The van der Waals surface area contributed by atoms with Gasteiger partial charge in [0.25, 0.3) is 12.3 Å². The Hall–Kier alpha value is -2.02. The summed E-state index contributed by atoms with van der Waals surface area (Å²) in [4.78, 5) is 23.5. The van der Waals surface area contributed by atoms with Gasteiger partial charge in [-0.3, -0.25) is 4.79 Å². The molecule has 0 aromatic heterocycles. The molecule has 0 saturated carbocycles. The number of aliphatic hydroxyl groups is 1. The largest absolute Gasteiger partial charge is 0.467 e. The van der Waals surface area contributed by atoms with Crippen LogP contribution in [0.2, 0.25) is 0 Å². The third kappa shape index (κ3) is 5.47. The van der Waals surface area contributed by atoms with Crippen LogP contribution in [0.4, 0.5) is 8.78 Å². The van der Waals surface area contributed by atoms with E-state index in [2.05, 4.69) is 10.1 Å². The number of ether oxygens (including phenoxy) is 1. The van der Waals surface area contributed by atoms with Gasteiger partial charge >= 0.3 is 5.97 Å². The van der Waals surface area contributed by atoms with Crippen molar-refractivity contribution in [3.63, 3.8) is 0 Å². The van der Waals surface area contributed by atoms with E-state index in [0.29, 0.717) is 5.56 Å². The molecule has 0 fully saturated rings. The van der Waals surface area contributed by atoms with Crippen molar-refractivity contribution in [3.05, 3.63) is 35.9 Å². The van der Waals surface area contributed by atoms with Gasteiger partial charge in [-0.25, -0.2) is 13.6 Å². The summed E-state index contributed by atoms with van der Waals surface area (Å²) < 4.78 is 29.0. The Morgan fingerprint density at radius 1 is 1.24 bits per heavy atom. The number of carbonyl (C=O) groups is 2. The van der Waals surface area contributed by atoms with Crippen LogP contribution in [-0.4, -0.2) is 42.7 Å². The van der Waals surface area contributed by atoms with Gasteiger partial charge in [0.15, 0.2) is 0 Å². The molecule has 1 aromatic rings. The summed E-state index contributed by atoms with van der Waals surface area (Å²) in [5, 5.41) is 11.5. The van der Waals surface area contributed by atoms with Crippen LogP contribution < -0.4 is 5.32 Å². The van der Waals surface area contributed by atoms with Gasteiger partial charge in [-0.2, -0.15) is 0 Å². The molecule has 0 spiro atoms. The van der Waals surface area contributed by atoms with Gasteiger partial charge in [0.05, 0.1) is 7.11 Å². The fraction of sp³-hybridized carbons (Fsp3) is 0.429. The zero-order chi connectivity index (χ0) is 15.8. The van der Waals surface area contributed by atoms with Gasteiger partial charge in [0, 0.05) is 5.56 Å². The lowest BCUT2D eigenvalue weighted by molar-refractivity contribution is -0.143. The number of rotatable bonds is 7. The highest BCUT2D eigenvalue weighted by atomic mass is 19.3. The summed E-state index contributed by atoms with van der Waals surface area (Å²) >= 11 is 0. The summed E-state index contributed by atoms with van der Waals surface area (Å²) in [7, 11) is 1.13. The molecular weight excluding hydrogens is 284 g/mol. The van der Waals surface area contributed by atoms with Crippen molar-refractivity contribution < 1.29 is 28.2 Å². The summed E-state index contributed by atoms with van der Waals surface area (Å²) in [6, 6.07) is 7.06. The second-order valence-corrected chi connectivity index (χ2v) is 4.39. The Balaban J connectivity index is 2.66. The Morgan fingerprint density at radius 2 is 1.86 bits per heavy atom. The van der Waals surface area contributed by atoms with Crippen molar-refractivity contribution in [2.24, 2.45) is 0 Å². The van der Waals surface area contributed by atoms with Crippen LogP contribution in [0.25, 0.3) is 0 Å². The first-order valence-electron chi connectivity index (χ1n) is 6.35. The molecular formula is C14H17F2NO4. The molecule has 1 amide bonds. The van der Waals surface area contributed by atoms with Crippen LogP contribution >= 0.6 is 0 Å². The van der Waals surface area contributed by atoms with Crippen molar-refractivity contribution in [1.29, 1.82) is 0 Å². The van der Waals surface area contributed by atoms with E-state index in [-0.39, 0.29) is 12.8 Å². The Labute approximate surface area is 120 Å². The Bertz CT molecular complexity index is 467. The first-order valence-corrected chi connectivity index (χ1v) is 6.35. The van der Waals surface area contributed by atoms with Crippen LogP contribution in [0.1, 0.15) is 23.2 Å². The van der Waals surface area contributed by atoms with Crippen molar-refractivity contribution in [1.82, 2.24) is 5.32 Å². The maximum Gasteiger partial charge on any atom is 0.328 e. The minimum absolute atomic E-state index is 0.142. The molecule has 0 radical (unpaired) electrons. The lowest BCUT2D eigenvalue weighted by Crippen LogP contribution is -2.42. The highest BCUT2D eigenvalue weighted by Gasteiger charge is 2.25. The third-order valence-electron chi connectivity index (χ3n) is 2.87. The van der Waals surface area contributed by atoms with Gasteiger partial charge in [-0.15, -0.1) is 0 Å². The number of methoxy groups -OCH3 is 1. The quantitative estimate of drug-likeness (QED) is 0.746. The van der Waals surface area contributed by atoms with Gasteiger partial charge in [0.1, 0.15) is 12.1 Å². The molecule has 0 heterocycles. The monoisotopic (exact) mass is 301 g/mol. The Morgan fingerprint density at radius 3 is 2.38 bits per heavy atom. The number of carbonyl (C=O) groups excluding carboxylic acids is 2. The zero-order valence-electron chi connectivity index (χ0n) is 11.5. The number of alkyl halides is 2. The van der Waals surface area contributed by atoms with Crippen LogP contribution in [0.5, 0.6) is 0 Å². The van der Waals surface area contributed by atoms with E-state index in [1.807, 2.05) is 0 Å². The normalized spacial score (nSPS) is 13.6. The zero-order valence-corrected chi connectivity index (χ0v) is 11.5. The molecule has 0 aliphatic carbocycles. The fourth-order valence-electron chi connectivity index (χ4n) is 1.69. The minimum Gasteiger partial charge on any atom is -0.467 e. The molecule has 0 aliphatic rings. The Kier molecular flexibility index (Phi) is 6.74. The molecule has 0 saturated heterocycles. The van der Waals surface area contributed by atoms with Gasteiger partial charge < -0.3 is 15.2 Å². The first-order chi connectivity index (χ1) is 9.95. The third-order valence-corrected chi connectivity index (χ3v) is 2.87. The number of aliphatic hydroxyl groups excluding tert-OH is 1. The van der Waals surface area contributed by atoms with Crippen LogP contribution in [0.15, 0.2) is 30.3 Å². The molecule has 2 atom stereocenters. The van der Waals surface area contributed by atoms with E-state index in [4.69, 9.17) is 5.11 Å². The molecule has 2 N–H and O–H groups in total. The van der Waals surface area contributed by atoms with E-state index >= 15 is 0 Å². The lowest BCUT2D eigenvalue weighted by atomic mass is 10.1. The fourth-order valence-corrected chi connectivity index (χ4v) is 1.69. The summed E-state index contributed by atoms with van der Waals surface area (Å²) in [6.45, 7) is 0. The molecule has 0 unspecified atom stereocenters. The average Bonchev–Trinajstić information content (AvgIpc) is 2.50. The summed E-state index contributed by atoms with van der Waals surface area (Å²) in [5.74, 6) is -1.27. The van der Waals surface area contributed by atoms with Crippen molar-refractivity contribution in [2.45, 2.75) is 31.4 Å².